The molecule has 0 saturated carbocycles. The van der Waals surface area contributed by atoms with E-state index in [0.29, 0.717) is 22.4 Å². The lowest BCUT2D eigenvalue weighted by Gasteiger charge is -2.09. The molecule has 0 saturated heterocycles. The first kappa shape index (κ1) is 15.2. The van der Waals surface area contributed by atoms with Crippen molar-refractivity contribution in [1.82, 2.24) is 0 Å². The molecule has 0 unspecified atom stereocenters. The fourth-order valence-electron chi connectivity index (χ4n) is 1.46. The van der Waals surface area contributed by atoms with Crippen LogP contribution in [0.1, 0.15) is 0 Å². The second-order valence-electron chi connectivity index (χ2n) is 3.68. The number of halogens is 5. The van der Waals surface area contributed by atoms with Crippen molar-refractivity contribution in [2.45, 2.75) is 9.79 Å². The Hall–Kier alpha value is -1.21. The van der Waals surface area contributed by atoms with Crippen LogP contribution in [0.5, 0.6) is 5.75 Å². The molecule has 1 nitrogen and oxygen atoms in total. The van der Waals surface area contributed by atoms with Gasteiger partial charge in [-0.25, -0.2) is 17.6 Å². The van der Waals surface area contributed by atoms with E-state index in [-0.39, 0.29) is 0 Å². The Morgan fingerprint density at radius 3 is 2.35 bits per heavy atom. The molecule has 0 radical (unpaired) electrons. The van der Waals surface area contributed by atoms with Crippen LogP contribution in [-0.2, 0) is 0 Å². The summed E-state index contributed by atoms with van der Waals surface area (Å²) in [5, 5.41) is 0. The first-order chi connectivity index (χ1) is 9.45. The summed E-state index contributed by atoms with van der Waals surface area (Å²) in [5.74, 6) is -5.57. The summed E-state index contributed by atoms with van der Waals surface area (Å²) in [4.78, 5) is -0.191. The van der Waals surface area contributed by atoms with Crippen molar-refractivity contribution in [1.29, 1.82) is 0 Å². The molecular formula is C13H7BrF4OS. The van der Waals surface area contributed by atoms with Gasteiger partial charge in [0.25, 0.3) is 0 Å². The number of benzene rings is 2. The van der Waals surface area contributed by atoms with Gasteiger partial charge in [-0.05, 0) is 34.1 Å². The summed E-state index contributed by atoms with van der Waals surface area (Å²) in [7, 11) is 1.44. The number of methoxy groups -OCH3 is 1. The molecule has 2 aromatic carbocycles. The largest absolute Gasteiger partial charge is 0.497 e. The molecule has 2 aromatic rings. The number of ether oxygens (including phenoxy) is 1. The maximum absolute atomic E-state index is 13.8. The van der Waals surface area contributed by atoms with Gasteiger partial charge in [0.1, 0.15) is 5.75 Å². The molecule has 0 amide bonds. The Balaban J connectivity index is 2.48. The SMILES string of the molecule is COc1cccc(Sc2c(F)c(F)c(F)c(Br)c2F)c1. The van der Waals surface area contributed by atoms with Crippen LogP contribution in [0.4, 0.5) is 17.6 Å². The number of hydrogen-bond acceptors (Lipinski definition) is 2. The third-order valence-electron chi connectivity index (χ3n) is 2.43. The first-order valence-corrected chi connectivity index (χ1v) is 6.90. The predicted octanol–water partition coefficient (Wildman–Crippen LogP) is 5.17. The van der Waals surface area contributed by atoms with Crippen molar-refractivity contribution in [3.05, 3.63) is 52.0 Å². The van der Waals surface area contributed by atoms with E-state index < -0.39 is 32.6 Å². The fourth-order valence-corrected chi connectivity index (χ4v) is 2.89. The summed E-state index contributed by atoms with van der Waals surface area (Å²) in [6, 6.07) is 6.36. The third-order valence-corrected chi connectivity index (χ3v) is 4.18. The van der Waals surface area contributed by atoms with Crippen LogP contribution in [-0.4, -0.2) is 7.11 Å². The minimum atomic E-state index is -1.72. The van der Waals surface area contributed by atoms with Crippen LogP contribution in [0, 0.1) is 23.3 Å². The van der Waals surface area contributed by atoms with Crippen molar-refractivity contribution in [2.24, 2.45) is 0 Å². The van der Waals surface area contributed by atoms with Crippen LogP contribution in [0.2, 0.25) is 0 Å². The lowest BCUT2D eigenvalue weighted by atomic mass is 10.3. The molecule has 0 spiro atoms. The zero-order chi connectivity index (χ0) is 14.9. The normalized spacial score (nSPS) is 10.7. The fraction of sp³-hybridized carbons (Fsp3) is 0.0769. The third kappa shape index (κ3) is 2.78. The molecule has 0 aromatic heterocycles. The molecular weight excluding hydrogens is 360 g/mol. The van der Waals surface area contributed by atoms with Gasteiger partial charge in [-0.1, -0.05) is 17.8 Å². The van der Waals surface area contributed by atoms with Gasteiger partial charge in [0.2, 0.25) is 0 Å². The Bertz CT molecular complexity index is 634. The van der Waals surface area contributed by atoms with Gasteiger partial charge >= 0.3 is 0 Å². The first-order valence-electron chi connectivity index (χ1n) is 5.29. The highest BCUT2D eigenvalue weighted by Gasteiger charge is 2.24. The van der Waals surface area contributed by atoms with Crippen LogP contribution in [0.3, 0.4) is 0 Å². The highest BCUT2D eigenvalue weighted by molar-refractivity contribution is 9.10. The van der Waals surface area contributed by atoms with E-state index >= 15 is 0 Å². The minimum absolute atomic E-state index is 0.431. The van der Waals surface area contributed by atoms with Crippen molar-refractivity contribution in [3.8, 4) is 5.75 Å². The van der Waals surface area contributed by atoms with E-state index in [2.05, 4.69) is 15.9 Å². The quantitative estimate of drug-likeness (QED) is 0.421. The zero-order valence-corrected chi connectivity index (χ0v) is 12.4. The average Bonchev–Trinajstić information content (AvgIpc) is 2.48. The molecule has 0 heterocycles. The summed E-state index contributed by atoms with van der Waals surface area (Å²) in [5.41, 5.74) is 0. The summed E-state index contributed by atoms with van der Waals surface area (Å²) >= 11 is 3.20. The smallest absolute Gasteiger partial charge is 0.196 e. The molecule has 0 aliphatic heterocycles. The molecule has 20 heavy (non-hydrogen) atoms. The Labute approximate surface area is 125 Å². The molecule has 2 rings (SSSR count). The molecule has 0 aliphatic rings. The molecule has 106 valence electrons. The molecule has 0 atom stereocenters. The number of rotatable bonds is 3. The van der Waals surface area contributed by atoms with Crippen molar-refractivity contribution in [3.63, 3.8) is 0 Å². The van der Waals surface area contributed by atoms with Gasteiger partial charge < -0.3 is 4.74 Å². The zero-order valence-electron chi connectivity index (χ0n) is 10.0. The Kier molecular flexibility index (Phi) is 4.59. The Morgan fingerprint density at radius 1 is 1.00 bits per heavy atom. The van der Waals surface area contributed by atoms with Gasteiger partial charge in [-0.15, -0.1) is 0 Å². The van der Waals surface area contributed by atoms with Gasteiger partial charge in [0.15, 0.2) is 23.3 Å². The summed E-state index contributed by atoms with van der Waals surface area (Å²) < 4.78 is 58.2. The van der Waals surface area contributed by atoms with Gasteiger partial charge in [0, 0.05) is 4.90 Å². The number of hydrogen-bond donors (Lipinski definition) is 0. The molecule has 0 fully saturated rings. The highest BCUT2D eigenvalue weighted by Crippen LogP contribution is 2.38. The van der Waals surface area contributed by atoms with Crippen LogP contribution >= 0.6 is 27.7 Å². The monoisotopic (exact) mass is 366 g/mol. The van der Waals surface area contributed by atoms with E-state index in [0.717, 1.165) is 0 Å². The maximum Gasteiger partial charge on any atom is 0.196 e. The van der Waals surface area contributed by atoms with Crippen molar-refractivity contribution < 1.29 is 22.3 Å². The van der Waals surface area contributed by atoms with E-state index in [9.17, 15) is 17.6 Å². The van der Waals surface area contributed by atoms with E-state index in [1.165, 1.54) is 13.2 Å². The van der Waals surface area contributed by atoms with E-state index in [4.69, 9.17) is 4.74 Å². The molecule has 0 aliphatic carbocycles. The van der Waals surface area contributed by atoms with Gasteiger partial charge in [0.05, 0.1) is 16.5 Å². The standard InChI is InChI=1S/C13H7BrF4OS/c1-19-6-3-2-4-7(5-6)20-13-10(16)8(14)9(15)11(17)12(13)18/h2-5H,1H3. The Morgan fingerprint density at radius 2 is 1.70 bits per heavy atom. The maximum atomic E-state index is 13.8. The summed E-state index contributed by atoms with van der Waals surface area (Å²) in [6.07, 6.45) is 0. The van der Waals surface area contributed by atoms with Gasteiger partial charge in [-0.2, -0.15) is 0 Å². The van der Waals surface area contributed by atoms with Crippen LogP contribution in [0.25, 0.3) is 0 Å². The second kappa shape index (κ2) is 6.05. The molecule has 0 bridgehead atoms. The highest BCUT2D eigenvalue weighted by atomic mass is 79.9. The topological polar surface area (TPSA) is 9.23 Å². The second-order valence-corrected chi connectivity index (χ2v) is 5.56. The molecule has 0 N–H and O–H groups in total. The van der Waals surface area contributed by atoms with Crippen molar-refractivity contribution in [2.75, 3.05) is 7.11 Å². The van der Waals surface area contributed by atoms with Gasteiger partial charge in [-0.3, -0.25) is 0 Å². The summed E-state index contributed by atoms with van der Waals surface area (Å²) in [6.45, 7) is 0. The van der Waals surface area contributed by atoms with E-state index in [1.807, 2.05) is 0 Å². The van der Waals surface area contributed by atoms with Crippen molar-refractivity contribution >= 4 is 27.7 Å². The van der Waals surface area contributed by atoms with E-state index in [1.54, 1.807) is 18.2 Å². The average molecular weight is 367 g/mol. The van der Waals surface area contributed by atoms with Crippen LogP contribution < -0.4 is 4.74 Å². The predicted molar refractivity (Wildman–Crippen MR) is 71.1 cm³/mol. The van der Waals surface area contributed by atoms with Crippen LogP contribution in [0.15, 0.2) is 38.5 Å². The molecule has 7 heteroatoms. The minimum Gasteiger partial charge on any atom is -0.497 e. The lowest BCUT2D eigenvalue weighted by Crippen LogP contribution is -1.99. The lowest BCUT2D eigenvalue weighted by molar-refractivity contribution is 0.410.